The van der Waals surface area contributed by atoms with Crippen LogP contribution in [0.15, 0.2) is 42.5 Å². The van der Waals surface area contributed by atoms with E-state index < -0.39 is 11.5 Å². The highest BCUT2D eigenvalue weighted by Crippen LogP contribution is 2.42. The van der Waals surface area contributed by atoms with Crippen molar-refractivity contribution in [1.29, 1.82) is 0 Å². The highest BCUT2D eigenvalue weighted by Gasteiger charge is 2.49. The Morgan fingerprint density at radius 3 is 2.57 bits per heavy atom. The van der Waals surface area contributed by atoms with Crippen molar-refractivity contribution < 1.29 is 14.7 Å². The van der Waals surface area contributed by atoms with Crippen molar-refractivity contribution in [1.82, 2.24) is 0 Å². The van der Waals surface area contributed by atoms with Gasteiger partial charge in [0, 0.05) is 18.2 Å². The van der Waals surface area contributed by atoms with Crippen molar-refractivity contribution in [3.05, 3.63) is 63.6 Å². The fourth-order valence-electron chi connectivity index (χ4n) is 2.79. The number of Topliss-reactive ketones (excluding diaryl/α,β-unsaturated/α-hetero) is 1. The quantitative estimate of drug-likeness (QED) is 0.863. The molecule has 2 aromatic carbocycles. The number of carbonyl (C=O) groups excluding carboxylic acids is 2. The summed E-state index contributed by atoms with van der Waals surface area (Å²) < 4.78 is 0. The number of likely N-dealkylation sites (N-methyl/N-ethyl adjacent to an activating group) is 1. The maximum atomic E-state index is 12.5. The van der Waals surface area contributed by atoms with Crippen LogP contribution < -0.4 is 4.90 Å². The van der Waals surface area contributed by atoms with Crippen molar-refractivity contribution >= 4 is 40.6 Å². The lowest BCUT2D eigenvalue weighted by Gasteiger charge is -2.21. The van der Waals surface area contributed by atoms with Crippen molar-refractivity contribution in [2.75, 3.05) is 11.9 Å². The Hall–Kier alpha value is -1.88. The summed E-state index contributed by atoms with van der Waals surface area (Å²) in [4.78, 5) is 26.3. The van der Waals surface area contributed by atoms with Gasteiger partial charge in [0.2, 0.25) is 0 Å². The van der Waals surface area contributed by atoms with Gasteiger partial charge in [0.15, 0.2) is 11.4 Å². The molecule has 3 rings (SSSR count). The van der Waals surface area contributed by atoms with Gasteiger partial charge in [0.25, 0.3) is 5.91 Å². The summed E-state index contributed by atoms with van der Waals surface area (Å²) in [5, 5.41) is 11.5. The fraction of sp³-hybridized carbons (Fsp3) is 0.176. The Bertz CT molecular complexity index is 821. The van der Waals surface area contributed by atoms with Gasteiger partial charge in [-0.25, -0.2) is 0 Å². The number of fused-ring (bicyclic) bond motifs is 1. The lowest BCUT2D eigenvalue weighted by Crippen LogP contribution is -2.40. The smallest absolute Gasteiger partial charge is 0.263 e. The zero-order valence-corrected chi connectivity index (χ0v) is 13.7. The van der Waals surface area contributed by atoms with E-state index in [2.05, 4.69) is 0 Å². The molecule has 0 saturated heterocycles. The molecule has 0 aliphatic carbocycles. The van der Waals surface area contributed by atoms with E-state index in [9.17, 15) is 14.7 Å². The Balaban J connectivity index is 1.97. The first-order valence-electron chi connectivity index (χ1n) is 6.93. The number of rotatable bonds is 3. The van der Waals surface area contributed by atoms with Crippen LogP contribution in [0.1, 0.15) is 22.3 Å². The molecule has 1 amide bonds. The van der Waals surface area contributed by atoms with E-state index in [1.165, 1.54) is 23.1 Å². The second kappa shape index (κ2) is 5.64. The Labute approximate surface area is 143 Å². The first-order valence-corrected chi connectivity index (χ1v) is 7.68. The molecule has 0 aromatic heterocycles. The third kappa shape index (κ3) is 2.53. The number of amides is 1. The van der Waals surface area contributed by atoms with Gasteiger partial charge in [-0.05, 0) is 24.3 Å². The average Bonchev–Trinajstić information content (AvgIpc) is 2.72. The second-order valence-electron chi connectivity index (χ2n) is 5.47. The van der Waals surface area contributed by atoms with Crippen molar-refractivity contribution in [3.63, 3.8) is 0 Å². The number of ketones is 1. The molecule has 118 valence electrons. The van der Waals surface area contributed by atoms with E-state index in [1.807, 2.05) is 0 Å². The molecule has 0 bridgehead atoms. The number of benzene rings is 2. The molecular weight excluding hydrogens is 337 g/mol. The lowest BCUT2D eigenvalue weighted by atomic mass is 9.88. The normalized spacial score (nSPS) is 19.8. The van der Waals surface area contributed by atoms with Gasteiger partial charge in [-0.2, -0.15) is 0 Å². The molecule has 0 unspecified atom stereocenters. The average molecular weight is 350 g/mol. The topological polar surface area (TPSA) is 57.6 Å². The molecule has 4 nitrogen and oxygen atoms in total. The van der Waals surface area contributed by atoms with Gasteiger partial charge < -0.3 is 10.0 Å². The SMILES string of the molecule is CN1C(=O)[C@@](O)(CC(=O)c2ccc(Cl)c(Cl)c2)c2ccccc21. The number of carbonyl (C=O) groups is 2. The van der Waals surface area contributed by atoms with E-state index in [4.69, 9.17) is 23.2 Å². The number of halogens is 2. The minimum atomic E-state index is -1.87. The molecule has 0 radical (unpaired) electrons. The Morgan fingerprint density at radius 1 is 1.17 bits per heavy atom. The van der Waals surface area contributed by atoms with Gasteiger partial charge in [0.05, 0.1) is 22.2 Å². The molecule has 2 aromatic rings. The van der Waals surface area contributed by atoms with Crippen molar-refractivity contribution in [3.8, 4) is 0 Å². The van der Waals surface area contributed by atoms with Crippen LogP contribution >= 0.6 is 23.2 Å². The van der Waals surface area contributed by atoms with Crippen LogP contribution in [0.3, 0.4) is 0 Å². The van der Waals surface area contributed by atoms with Gasteiger partial charge in [-0.3, -0.25) is 9.59 Å². The highest BCUT2D eigenvalue weighted by atomic mass is 35.5. The zero-order valence-electron chi connectivity index (χ0n) is 12.2. The monoisotopic (exact) mass is 349 g/mol. The van der Waals surface area contributed by atoms with Gasteiger partial charge in [-0.15, -0.1) is 0 Å². The fourth-order valence-corrected chi connectivity index (χ4v) is 3.09. The molecule has 6 heteroatoms. The van der Waals surface area contributed by atoms with Gasteiger partial charge >= 0.3 is 0 Å². The summed E-state index contributed by atoms with van der Waals surface area (Å²) in [6.07, 6.45) is -0.356. The van der Waals surface area contributed by atoms with Crippen LogP contribution in [0, 0.1) is 0 Å². The summed E-state index contributed by atoms with van der Waals surface area (Å²) in [6, 6.07) is 11.3. The van der Waals surface area contributed by atoms with E-state index in [0.29, 0.717) is 21.8 Å². The van der Waals surface area contributed by atoms with Crippen LogP contribution in [0.25, 0.3) is 0 Å². The van der Waals surface area contributed by atoms with E-state index in [0.717, 1.165) is 0 Å². The molecule has 0 fully saturated rings. The molecule has 1 N–H and O–H groups in total. The van der Waals surface area contributed by atoms with E-state index >= 15 is 0 Å². The maximum absolute atomic E-state index is 12.5. The number of aliphatic hydroxyl groups is 1. The predicted octanol–water partition coefficient (Wildman–Crippen LogP) is 3.43. The first-order chi connectivity index (χ1) is 10.8. The molecule has 23 heavy (non-hydrogen) atoms. The van der Waals surface area contributed by atoms with Crippen LogP contribution in [0.2, 0.25) is 10.0 Å². The van der Waals surface area contributed by atoms with Crippen LogP contribution in [-0.2, 0) is 10.4 Å². The number of hydrogen-bond acceptors (Lipinski definition) is 3. The van der Waals surface area contributed by atoms with Crippen molar-refractivity contribution in [2.24, 2.45) is 0 Å². The number of hydrogen-bond donors (Lipinski definition) is 1. The third-order valence-corrected chi connectivity index (χ3v) is 4.77. The summed E-state index contributed by atoms with van der Waals surface area (Å²) >= 11 is 11.8. The summed E-state index contributed by atoms with van der Waals surface area (Å²) in [5.74, 6) is -0.906. The maximum Gasteiger partial charge on any atom is 0.263 e. The Kier molecular flexibility index (Phi) is 3.92. The predicted molar refractivity (Wildman–Crippen MR) is 89.2 cm³/mol. The van der Waals surface area contributed by atoms with Gasteiger partial charge in [0.1, 0.15) is 0 Å². The minimum absolute atomic E-state index is 0.250. The van der Waals surface area contributed by atoms with Crippen LogP contribution in [0.4, 0.5) is 5.69 Å². The van der Waals surface area contributed by atoms with Crippen LogP contribution in [-0.4, -0.2) is 23.8 Å². The standard InChI is InChI=1S/C17H13Cl2NO3/c1-20-14-5-3-2-4-11(14)17(23,16(20)22)9-15(21)10-6-7-12(18)13(19)8-10/h2-8,23H,9H2,1H3/t17-/m1/s1. The van der Waals surface area contributed by atoms with E-state index in [-0.39, 0.29) is 17.2 Å². The van der Waals surface area contributed by atoms with Gasteiger partial charge in [-0.1, -0.05) is 41.4 Å². The lowest BCUT2D eigenvalue weighted by molar-refractivity contribution is -0.135. The highest BCUT2D eigenvalue weighted by molar-refractivity contribution is 6.42. The molecule has 0 saturated carbocycles. The largest absolute Gasteiger partial charge is 0.375 e. The minimum Gasteiger partial charge on any atom is -0.375 e. The summed E-state index contributed by atoms with van der Waals surface area (Å²) in [7, 11) is 1.57. The Morgan fingerprint density at radius 2 is 1.87 bits per heavy atom. The number of para-hydroxylation sites is 1. The third-order valence-electron chi connectivity index (χ3n) is 4.03. The zero-order chi connectivity index (χ0) is 16.8. The molecular formula is C17H13Cl2NO3. The first kappa shape index (κ1) is 16.0. The molecule has 1 aliphatic rings. The van der Waals surface area contributed by atoms with Crippen molar-refractivity contribution in [2.45, 2.75) is 12.0 Å². The van der Waals surface area contributed by atoms with E-state index in [1.54, 1.807) is 31.3 Å². The summed E-state index contributed by atoms with van der Waals surface area (Å²) in [5.41, 5.74) is -0.537. The molecule has 0 spiro atoms. The second-order valence-corrected chi connectivity index (χ2v) is 6.28. The number of nitrogens with zero attached hydrogens (tertiary/aromatic N) is 1. The number of anilines is 1. The molecule has 1 atom stereocenters. The molecule has 1 heterocycles. The van der Waals surface area contributed by atoms with Crippen LogP contribution in [0.5, 0.6) is 0 Å². The summed E-state index contributed by atoms with van der Waals surface area (Å²) in [6.45, 7) is 0. The molecule has 1 aliphatic heterocycles.